The number of hydrogen-bond acceptors (Lipinski definition) is 3. The molecule has 0 saturated heterocycles. The van der Waals surface area contributed by atoms with Gasteiger partial charge in [0.15, 0.2) is 5.66 Å². The summed E-state index contributed by atoms with van der Waals surface area (Å²) < 4.78 is 10.4. The average Bonchev–Trinajstić information content (AvgIpc) is 3.57. The molecule has 0 aliphatic carbocycles. The summed E-state index contributed by atoms with van der Waals surface area (Å²) in [5.74, 6) is 0.640. The van der Waals surface area contributed by atoms with Gasteiger partial charge in [-0.15, -0.1) is 0 Å². The van der Waals surface area contributed by atoms with Gasteiger partial charge in [0.1, 0.15) is 12.4 Å². The third kappa shape index (κ3) is 4.07. The predicted molar refractivity (Wildman–Crippen MR) is 135 cm³/mol. The highest BCUT2D eigenvalue weighted by Crippen LogP contribution is 2.42. The maximum atomic E-state index is 6.55. The number of rotatable bonds is 7. The van der Waals surface area contributed by atoms with Gasteiger partial charge in [0, 0.05) is 56.5 Å². The molecule has 0 N–H and O–H groups in total. The fourth-order valence-electron chi connectivity index (χ4n) is 4.13. The number of nitrogens with zero attached hydrogens (tertiary/aromatic N) is 4. The summed E-state index contributed by atoms with van der Waals surface area (Å²) in [6.07, 6.45) is 10.9. The van der Waals surface area contributed by atoms with E-state index in [1.54, 1.807) is 43.2 Å². The molecule has 0 amide bonds. The van der Waals surface area contributed by atoms with E-state index in [1.807, 2.05) is 57.9 Å². The van der Waals surface area contributed by atoms with Crippen molar-refractivity contribution in [3.8, 4) is 5.75 Å². The third-order valence-corrected chi connectivity index (χ3v) is 6.47. The standard InChI is InChI=1S/C26H19Cl3N4O/c27-21-8-9-25(34-16-19-6-7-22(28)15-24(19)29)23(14-21)26(32-12-10-30-17-32,33-13-11-31-18-33)20-4-2-1-3-5-20/h1-15,17-18H,16H2. The van der Waals surface area contributed by atoms with E-state index in [-0.39, 0.29) is 6.61 Å². The lowest BCUT2D eigenvalue weighted by Gasteiger charge is -2.38. The van der Waals surface area contributed by atoms with Crippen molar-refractivity contribution < 1.29 is 4.74 Å². The van der Waals surface area contributed by atoms with Gasteiger partial charge in [-0.1, -0.05) is 71.2 Å². The molecule has 34 heavy (non-hydrogen) atoms. The topological polar surface area (TPSA) is 44.9 Å². The quantitative estimate of drug-likeness (QED) is 0.239. The Kier molecular flexibility index (Phi) is 6.33. The van der Waals surface area contributed by atoms with Crippen molar-refractivity contribution in [3.05, 3.63) is 136 Å². The Bertz CT molecular complexity index is 1350. The van der Waals surface area contributed by atoms with Gasteiger partial charge < -0.3 is 13.9 Å². The van der Waals surface area contributed by atoms with Gasteiger partial charge in [0.25, 0.3) is 0 Å². The van der Waals surface area contributed by atoms with Crippen molar-refractivity contribution in [1.82, 2.24) is 19.1 Å². The molecular formula is C26H19Cl3N4O. The fourth-order valence-corrected chi connectivity index (χ4v) is 4.77. The van der Waals surface area contributed by atoms with Crippen LogP contribution in [0.1, 0.15) is 16.7 Å². The summed E-state index contributed by atoms with van der Waals surface area (Å²) >= 11 is 19.0. The maximum Gasteiger partial charge on any atom is 0.179 e. The van der Waals surface area contributed by atoms with Gasteiger partial charge in [-0.3, -0.25) is 0 Å². The molecule has 0 fully saturated rings. The maximum absolute atomic E-state index is 6.55. The zero-order valence-corrected chi connectivity index (χ0v) is 20.1. The first-order chi connectivity index (χ1) is 16.6. The normalized spacial score (nSPS) is 11.5. The van der Waals surface area contributed by atoms with E-state index in [4.69, 9.17) is 39.5 Å². The van der Waals surface area contributed by atoms with Crippen molar-refractivity contribution in [2.45, 2.75) is 12.3 Å². The molecule has 0 atom stereocenters. The molecule has 0 aliphatic rings. The summed E-state index contributed by atoms with van der Waals surface area (Å²) in [6.45, 7) is 0.253. The molecule has 2 heterocycles. The zero-order valence-electron chi connectivity index (χ0n) is 17.9. The van der Waals surface area contributed by atoms with Crippen molar-refractivity contribution in [2.24, 2.45) is 0 Å². The monoisotopic (exact) mass is 508 g/mol. The molecular weight excluding hydrogens is 491 g/mol. The van der Waals surface area contributed by atoms with Crippen molar-refractivity contribution in [1.29, 1.82) is 0 Å². The average molecular weight is 510 g/mol. The van der Waals surface area contributed by atoms with Crippen molar-refractivity contribution in [3.63, 3.8) is 0 Å². The van der Waals surface area contributed by atoms with Crippen LogP contribution in [0.3, 0.4) is 0 Å². The van der Waals surface area contributed by atoms with E-state index in [0.29, 0.717) is 20.8 Å². The second-order valence-corrected chi connectivity index (χ2v) is 8.92. The Morgan fingerprint density at radius 3 is 2.03 bits per heavy atom. The summed E-state index contributed by atoms with van der Waals surface area (Å²) in [4.78, 5) is 8.68. The smallest absolute Gasteiger partial charge is 0.179 e. The summed E-state index contributed by atoms with van der Waals surface area (Å²) in [5, 5.41) is 1.69. The highest BCUT2D eigenvalue weighted by atomic mass is 35.5. The molecule has 170 valence electrons. The fraction of sp³-hybridized carbons (Fsp3) is 0.0769. The molecule has 5 nitrogen and oxygen atoms in total. The molecule has 0 radical (unpaired) electrons. The lowest BCUT2D eigenvalue weighted by molar-refractivity contribution is 0.281. The number of hydrogen-bond donors (Lipinski definition) is 0. The van der Waals surface area contributed by atoms with Gasteiger partial charge in [-0.25, -0.2) is 9.97 Å². The zero-order chi connectivity index (χ0) is 23.5. The Hall–Kier alpha value is -3.25. The van der Waals surface area contributed by atoms with E-state index in [9.17, 15) is 0 Å². The lowest BCUT2D eigenvalue weighted by atomic mass is 9.89. The first-order valence-corrected chi connectivity index (χ1v) is 11.6. The van der Waals surface area contributed by atoms with Gasteiger partial charge in [0.2, 0.25) is 0 Å². The largest absolute Gasteiger partial charge is 0.488 e. The molecule has 2 aromatic heterocycles. The molecule has 5 rings (SSSR count). The highest BCUT2D eigenvalue weighted by molar-refractivity contribution is 6.35. The molecule has 0 aliphatic heterocycles. The van der Waals surface area contributed by atoms with Crippen LogP contribution in [0.15, 0.2) is 104 Å². The summed E-state index contributed by atoms with van der Waals surface area (Å²) in [7, 11) is 0. The molecule has 0 saturated carbocycles. The third-order valence-electron chi connectivity index (χ3n) is 5.65. The van der Waals surface area contributed by atoms with Crippen LogP contribution >= 0.6 is 34.8 Å². The number of ether oxygens (including phenoxy) is 1. The lowest BCUT2D eigenvalue weighted by Crippen LogP contribution is -2.42. The van der Waals surface area contributed by atoms with Crippen LogP contribution < -0.4 is 4.74 Å². The van der Waals surface area contributed by atoms with Crippen molar-refractivity contribution in [2.75, 3.05) is 0 Å². The second kappa shape index (κ2) is 9.55. The SMILES string of the molecule is Clc1ccc(COc2ccc(Cl)cc2C(c2ccccc2)(n2ccnc2)n2ccnc2)c(Cl)c1. The van der Waals surface area contributed by atoms with Crippen LogP contribution in [0.2, 0.25) is 15.1 Å². The molecule has 8 heteroatoms. The van der Waals surface area contributed by atoms with Crippen molar-refractivity contribution >= 4 is 34.8 Å². The first-order valence-electron chi connectivity index (χ1n) is 10.5. The van der Waals surface area contributed by atoms with Crippen LogP contribution in [0.4, 0.5) is 0 Å². The minimum Gasteiger partial charge on any atom is -0.488 e. The van der Waals surface area contributed by atoms with Crippen LogP contribution in [0.5, 0.6) is 5.75 Å². The summed E-state index contributed by atoms with van der Waals surface area (Å²) in [5.41, 5.74) is 1.70. The van der Waals surface area contributed by atoms with E-state index >= 15 is 0 Å². The van der Waals surface area contributed by atoms with Gasteiger partial charge in [0.05, 0.1) is 12.7 Å². The van der Waals surface area contributed by atoms with E-state index in [2.05, 4.69) is 22.1 Å². The summed E-state index contributed by atoms with van der Waals surface area (Å²) in [6, 6.07) is 21.0. The van der Waals surface area contributed by atoms with Crippen LogP contribution in [-0.4, -0.2) is 19.1 Å². The predicted octanol–water partition coefficient (Wildman–Crippen LogP) is 6.92. The van der Waals surface area contributed by atoms with Crippen LogP contribution in [0, 0.1) is 0 Å². The van der Waals surface area contributed by atoms with Crippen LogP contribution in [0.25, 0.3) is 0 Å². The Morgan fingerprint density at radius 1 is 0.765 bits per heavy atom. The van der Waals surface area contributed by atoms with Gasteiger partial charge >= 0.3 is 0 Å². The number of imidazole rings is 2. The second-order valence-electron chi connectivity index (χ2n) is 7.64. The molecule has 0 spiro atoms. The number of benzene rings is 3. The first kappa shape index (κ1) is 22.5. The van der Waals surface area contributed by atoms with E-state index in [1.165, 1.54) is 0 Å². The van der Waals surface area contributed by atoms with Crippen LogP contribution in [-0.2, 0) is 12.3 Å². The molecule has 0 unspecified atom stereocenters. The Morgan fingerprint density at radius 2 is 1.41 bits per heavy atom. The van der Waals surface area contributed by atoms with Gasteiger partial charge in [-0.2, -0.15) is 0 Å². The highest BCUT2D eigenvalue weighted by Gasteiger charge is 2.40. The number of halogens is 3. The Balaban J connectivity index is 1.72. The molecule has 3 aromatic carbocycles. The van der Waals surface area contributed by atoms with E-state index in [0.717, 1.165) is 16.7 Å². The number of aromatic nitrogens is 4. The molecule has 5 aromatic rings. The minimum absolute atomic E-state index is 0.253. The Labute approximate surface area is 212 Å². The molecule has 0 bridgehead atoms. The minimum atomic E-state index is -0.904. The van der Waals surface area contributed by atoms with Gasteiger partial charge in [-0.05, 0) is 30.3 Å². The van der Waals surface area contributed by atoms with E-state index < -0.39 is 5.66 Å².